The summed E-state index contributed by atoms with van der Waals surface area (Å²) in [6, 6.07) is 0. The molecule has 0 heterocycles. The summed E-state index contributed by atoms with van der Waals surface area (Å²) in [5, 5.41) is 0. The van der Waals surface area contributed by atoms with Crippen LogP contribution in [0.25, 0.3) is 0 Å². The molecule has 0 rings (SSSR count). The minimum atomic E-state index is -0.792. The summed E-state index contributed by atoms with van der Waals surface area (Å²) in [4.78, 5) is 38.0. The largest absolute Gasteiger partial charge is 0.462 e. The van der Waals surface area contributed by atoms with Crippen molar-refractivity contribution in [2.75, 3.05) is 13.2 Å². The van der Waals surface area contributed by atoms with E-state index in [2.05, 4.69) is 130 Å². The molecular weight excluding hydrogens is 841 g/mol. The fourth-order valence-electron chi connectivity index (χ4n) is 7.31. The highest BCUT2D eigenvalue weighted by Crippen LogP contribution is 2.14. The Labute approximate surface area is 419 Å². The molecule has 0 aromatic rings. The molecular formula is C62H102O6. The number of hydrogen-bond acceptors (Lipinski definition) is 6. The maximum Gasteiger partial charge on any atom is 0.306 e. The van der Waals surface area contributed by atoms with Gasteiger partial charge in [0.15, 0.2) is 6.10 Å². The van der Waals surface area contributed by atoms with Crippen molar-refractivity contribution in [2.45, 2.75) is 252 Å². The molecule has 6 nitrogen and oxygen atoms in total. The lowest BCUT2D eigenvalue weighted by Crippen LogP contribution is -2.30. The molecule has 0 aromatic carbocycles. The summed E-state index contributed by atoms with van der Waals surface area (Å²) in [5.41, 5.74) is 0. The Hall–Kier alpha value is -3.93. The van der Waals surface area contributed by atoms with Gasteiger partial charge in [-0.1, -0.05) is 220 Å². The van der Waals surface area contributed by atoms with Crippen molar-refractivity contribution in [1.29, 1.82) is 0 Å². The minimum absolute atomic E-state index is 0.0920. The number of unbranched alkanes of at least 4 members (excludes halogenated alkanes) is 20. The Bertz CT molecular complexity index is 1410. The normalized spacial score (nSPS) is 12.9. The van der Waals surface area contributed by atoms with Crippen LogP contribution in [0, 0.1) is 0 Å². The van der Waals surface area contributed by atoms with E-state index in [0.29, 0.717) is 19.3 Å². The third-order valence-corrected chi connectivity index (χ3v) is 11.4. The maximum absolute atomic E-state index is 12.8. The third-order valence-electron chi connectivity index (χ3n) is 11.4. The zero-order valence-electron chi connectivity index (χ0n) is 44.1. The van der Waals surface area contributed by atoms with Crippen molar-refractivity contribution < 1.29 is 28.6 Å². The van der Waals surface area contributed by atoms with Gasteiger partial charge in [0.2, 0.25) is 0 Å². The Kier molecular flexibility index (Phi) is 52.4. The number of hydrogen-bond donors (Lipinski definition) is 0. The average molecular weight is 943 g/mol. The lowest BCUT2D eigenvalue weighted by Gasteiger charge is -2.18. The molecule has 0 fully saturated rings. The minimum Gasteiger partial charge on any atom is -0.462 e. The summed E-state index contributed by atoms with van der Waals surface area (Å²) in [6.07, 6.45) is 75.1. The molecule has 0 aliphatic heterocycles. The monoisotopic (exact) mass is 943 g/mol. The van der Waals surface area contributed by atoms with Crippen molar-refractivity contribution >= 4 is 17.9 Å². The first-order chi connectivity index (χ1) is 33.5. The molecule has 0 aromatic heterocycles. The van der Waals surface area contributed by atoms with Crippen LogP contribution in [-0.4, -0.2) is 37.2 Å². The van der Waals surface area contributed by atoms with Crippen LogP contribution in [0.2, 0.25) is 0 Å². The van der Waals surface area contributed by atoms with E-state index >= 15 is 0 Å². The third kappa shape index (κ3) is 53.0. The van der Waals surface area contributed by atoms with Gasteiger partial charge in [-0.25, -0.2) is 0 Å². The van der Waals surface area contributed by atoms with Gasteiger partial charge in [0.25, 0.3) is 0 Å². The van der Waals surface area contributed by atoms with Gasteiger partial charge < -0.3 is 14.2 Å². The highest BCUT2D eigenvalue weighted by molar-refractivity contribution is 5.71. The molecule has 0 N–H and O–H groups in total. The summed E-state index contributed by atoms with van der Waals surface area (Å²) in [7, 11) is 0. The molecule has 1 atom stereocenters. The standard InChI is InChI=1S/C62H102O6/c1-4-7-10-13-16-19-22-24-25-26-27-28-29-30-31-32-33-34-35-36-37-39-40-43-46-49-52-55-61(64)67-58-59(57-66-60(63)54-51-48-45-42-21-18-15-12-9-6-3)68-62(65)56-53-50-47-44-41-38-23-20-17-14-11-8-5-2/h7,10-12,14-16,19-20,23-25,27-28,30-31,33-34,59H,4-6,8-9,13,17-18,21-22,26,29,32,35-58H2,1-3H3/b10-7-,14-11-,15-12-,19-16-,23-20-,25-24-,28-27-,31-30-,34-33-. The molecule has 0 amide bonds. The van der Waals surface area contributed by atoms with Gasteiger partial charge in [-0.05, 0) is 116 Å². The van der Waals surface area contributed by atoms with Crippen LogP contribution < -0.4 is 0 Å². The van der Waals surface area contributed by atoms with Crippen molar-refractivity contribution in [3.8, 4) is 0 Å². The van der Waals surface area contributed by atoms with Crippen LogP contribution in [-0.2, 0) is 28.6 Å². The lowest BCUT2D eigenvalue weighted by atomic mass is 10.1. The summed E-state index contributed by atoms with van der Waals surface area (Å²) in [5.74, 6) is -0.928. The zero-order chi connectivity index (χ0) is 49.3. The fourth-order valence-corrected chi connectivity index (χ4v) is 7.31. The van der Waals surface area contributed by atoms with E-state index in [0.717, 1.165) is 154 Å². The van der Waals surface area contributed by atoms with Gasteiger partial charge in [-0.15, -0.1) is 0 Å². The first-order valence-electron chi connectivity index (χ1n) is 27.9. The number of carbonyl (C=O) groups is 3. The summed E-state index contributed by atoms with van der Waals surface area (Å²) >= 11 is 0. The van der Waals surface area contributed by atoms with Crippen LogP contribution in [0.15, 0.2) is 109 Å². The van der Waals surface area contributed by atoms with Crippen LogP contribution >= 0.6 is 0 Å². The molecule has 0 spiro atoms. The topological polar surface area (TPSA) is 78.9 Å². The second-order valence-corrected chi connectivity index (χ2v) is 18.1. The Morgan fingerprint density at radius 2 is 0.574 bits per heavy atom. The predicted octanol–water partition coefficient (Wildman–Crippen LogP) is 18.7. The number of ether oxygens (including phenoxy) is 3. The number of carbonyl (C=O) groups excluding carboxylic acids is 3. The molecule has 0 saturated heterocycles. The molecule has 68 heavy (non-hydrogen) atoms. The van der Waals surface area contributed by atoms with Crippen LogP contribution in [0.4, 0.5) is 0 Å². The van der Waals surface area contributed by atoms with E-state index in [9.17, 15) is 14.4 Å². The molecule has 0 bridgehead atoms. The highest BCUT2D eigenvalue weighted by atomic mass is 16.6. The smallest absolute Gasteiger partial charge is 0.306 e. The Morgan fingerprint density at radius 1 is 0.309 bits per heavy atom. The highest BCUT2D eigenvalue weighted by Gasteiger charge is 2.19. The van der Waals surface area contributed by atoms with Crippen molar-refractivity contribution in [1.82, 2.24) is 0 Å². The van der Waals surface area contributed by atoms with E-state index in [1.54, 1.807) is 0 Å². The SMILES string of the molecule is CC/C=C\C/C=C\C/C=C\C/C=C\C/C=C\C/C=C\CCCCCCCCCCC(=O)OCC(COC(=O)CCCCCCC/C=C\CCC)OC(=O)CCCCCCC/C=C\C/C=C\CCC. The molecule has 0 aliphatic carbocycles. The van der Waals surface area contributed by atoms with Crippen LogP contribution in [0.1, 0.15) is 245 Å². The molecule has 1 unspecified atom stereocenters. The van der Waals surface area contributed by atoms with Gasteiger partial charge in [0.1, 0.15) is 13.2 Å². The van der Waals surface area contributed by atoms with Gasteiger partial charge in [-0.2, -0.15) is 0 Å². The molecule has 0 saturated carbocycles. The second kappa shape index (κ2) is 55.7. The van der Waals surface area contributed by atoms with E-state index in [1.807, 2.05) is 0 Å². The average Bonchev–Trinajstić information content (AvgIpc) is 3.34. The van der Waals surface area contributed by atoms with E-state index in [1.165, 1.54) is 51.4 Å². The Morgan fingerprint density at radius 3 is 0.926 bits per heavy atom. The number of rotatable bonds is 49. The van der Waals surface area contributed by atoms with Crippen molar-refractivity contribution in [3.05, 3.63) is 109 Å². The Balaban J connectivity index is 4.27. The number of esters is 3. The van der Waals surface area contributed by atoms with E-state index in [-0.39, 0.29) is 31.1 Å². The molecule has 6 heteroatoms. The van der Waals surface area contributed by atoms with Crippen LogP contribution in [0.5, 0.6) is 0 Å². The number of allylic oxidation sites excluding steroid dienone is 18. The molecule has 0 aliphatic rings. The first-order valence-corrected chi connectivity index (χ1v) is 27.9. The predicted molar refractivity (Wildman–Crippen MR) is 293 cm³/mol. The quantitative estimate of drug-likeness (QED) is 0.0262. The molecule has 0 radical (unpaired) electrons. The van der Waals surface area contributed by atoms with Gasteiger partial charge in [0, 0.05) is 19.3 Å². The molecule has 386 valence electrons. The van der Waals surface area contributed by atoms with Crippen LogP contribution in [0.3, 0.4) is 0 Å². The lowest BCUT2D eigenvalue weighted by molar-refractivity contribution is -0.167. The van der Waals surface area contributed by atoms with Crippen molar-refractivity contribution in [2.24, 2.45) is 0 Å². The summed E-state index contributed by atoms with van der Waals surface area (Å²) in [6.45, 7) is 6.36. The summed E-state index contributed by atoms with van der Waals surface area (Å²) < 4.78 is 16.8. The van der Waals surface area contributed by atoms with Gasteiger partial charge >= 0.3 is 17.9 Å². The fraction of sp³-hybridized carbons (Fsp3) is 0.661. The maximum atomic E-state index is 12.8. The zero-order valence-corrected chi connectivity index (χ0v) is 44.1. The van der Waals surface area contributed by atoms with E-state index in [4.69, 9.17) is 14.2 Å². The second-order valence-electron chi connectivity index (χ2n) is 18.1. The van der Waals surface area contributed by atoms with Gasteiger partial charge in [-0.3, -0.25) is 14.4 Å². The van der Waals surface area contributed by atoms with Crippen molar-refractivity contribution in [3.63, 3.8) is 0 Å². The van der Waals surface area contributed by atoms with Gasteiger partial charge in [0.05, 0.1) is 0 Å². The first kappa shape index (κ1) is 64.1. The van der Waals surface area contributed by atoms with E-state index < -0.39 is 6.10 Å².